The Morgan fingerprint density at radius 3 is 2.42 bits per heavy atom. The molecule has 1 aromatic heterocycles. The molecule has 2 atom stereocenters. The Morgan fingerprint density at radius 2 is 1.74 bits per heavy atom. The predicted molar refractivity (Wildman–Crippen MR) is 165 cm³/mol. The molecule has 0 N–H and O–H groups in total. The number of hydrogen-bond donors (Lipinski definition) is 0. The van der Waals surface area contributed by atoms with Crippen molar-refractivity contribution in [3.8, 4) is 5.75 Å². The van der Waals surface area contributed by atoms with E-state index in [0.29, 0.717) is 65.6 Å². The van der Waals surface area contributed by atoms with Crippen LogP contribution < -0.4 is 9.64 Å². The van der Waals surface area contributed by atoms with E-state index in [0.717, 1.165) is 11.3 Å². The molecule has 43 heavy (non-hydrogen) atoms. The van der Waals surface area contributed by atoms with Crippen molar-refractivity contribution in [2.75, 3.05) is 44.3 Å². The molecule has 0 aliphatic carbocycles. The number of nitrogens with zero attached hydrogens (tertiary/aromatic N) is 4. The Kier molecular flexibility index (Phi) is 8.68. The van der Waals surface area contributed by atoms with Crippen LogP contribution in [0.5, 0.6) is 5.75 Å². The van der Waals surface area contributed by atoms with Crippen molar-refractivity contribution in [3.63, 3.8) is 0 Å². The lowest BCUT2D eigenvalue weighted by Gasteiger charge is -2.35. The van der Waals surface area contributed by atoms with E-state index < -0.39 is 15.8 Å². The molecule has 2 aliphatic rings. The van der Waals surface area contributed by atoms with Gasteiger partial charge in [0.15, 0.2) is 0 Å². The van der Waals surface area contributed by atoms with Crippen molar-refractivity contribution in [2.24, 2.45) is 0 Å². The molecule has 9 nitrogen and oxygen atoms in total. The van der Waals surface area contributed by atoms with Gasteiger partial charge in [-0.3, -0.25) is 0 Å². The standard InChI is InChI=1S/C31H32Cl2N4O5S/c1-23-2-9-28(10-3-23)43(38,39)37-16-14-36(15-17-37)25-5-7-26(8-6-25)40-19-27-20-41-31(42-27,21-35-13-12-34-22-35)29-11-4-24(32)18-30(29)33/h2-13,18,22,27H,14-17,19-21H2,1H3/t27-,31-/m1/s1. The Labute approximate surface area is 261 Å². The molecule has 0 bridgehead atoms. The number of benzene rings is 3. The summed E-state index contributed by atoms with van der Waals surface area (Å²) in [6, 6.07) is 20.1. The molecular formula is C31H32Cl2N4O5S. The highest BCUT2D eigenvalue weighted by Crippen LogP contribution is 2.40. The monoisotopic (exact) mass is 642 g/mol. The molecule has 12 heteroatoms. The van der Waals surface area contributed by atoms with Crippen LogP contribution in [-0.2, 0) is 31.8 Å². The Hall–Kier alpha value is -3.12. The van der Waals surface area contributed by atoms with Gasteiger partial charge < -0.3 is 23.7 Å². The molecule has 3 heterocycles. The van der Waals surface area contributed by atoms with Crippen LogP contribution in [0, 0.1) is 6.92 Å². The van der Waals surface area contributed by atoms with Crippen LogP contribution in [0.1, 0.15) is 11.1 Å². The van der Waals surface area contributed by atoms with Gasteiger partial charge in [0.25, 0.3) is 0 Å². The minimum atomic E-state index is -3.51. The number of rotatable bonds is 9. The van der Waals surface area contributed by atoms with Gasteiger partial charge in [-0.05, 0) is 55.5 Å². The highest BCUT2D eigenvalue weighted by molar-refractivity contribution is 7.89. The number of hydrogen-bond acceptors (Lipinski definition) is 7. The number of anilines is 1. The molecular weight excluding hydrogens is 611 g/mol. The molecule has 0 spiro atoms. The third-order valence-corrected chi connectivity index (χ3v) is 10.1. The number of aryl methyl sites for hydroxylation is 1. The van der Waals surface area contributed by atoms with Crippen LogP contribution in [0.2, 0.25) is 10.0 Å². The zero-order valence-electron chi connectivity index (χ0n) is 23.6. The van der Waals surface area contributed by atoms with E-state index in [1.54, 1.807) is 41.1 Å². The maximum absolute atomic E-state index is 13.1. The molecule has 0 unspecified atom stereocenters. The van der Waals surface area contributed by atoms with Gasteiger partial charge in [-0.15, -0.1) is 0 Å². The van der Waals surface area contributed by atoms with Crippen LogP contribution >= 0.6 is 23.2 Å². The highest BCUT2D eigenvalue weighted by Gasteiger charge is 2.45. The first-order chi connectivity index (χ1) is 20.7. The Bertz CT molecular complexity index is 1640. The van der Waals surface area contributed by atoms with Gasteiger partial charge in [0, 0.05) is 54.8 Å². The fraction of sp³-hybridized carbons (Fsp3) is 0.323. The zero-order valence-corrected chi connectivity index (χ0v) is 25.9. The van der Waals surface area contributed by atoms with Crippen molar-refractivity contribution in [3.05, 3.63) is 107 Å². The van der Waals surface area contributed by atoms with Gasteiger partial charge in [-0.1, -0.05) is 47.0 Å². The molecule has 3 aromatic carbocycles. The summed E-state index contributed by atoms with van der Waals surface area (Å²) >= 11 is 12.7. The fourth-order valence-corrected chi connectivity index (χ4v) is 7.34. The first kappa shape index (κ1) is 29.9. The SMILES string of the molecule is Cc1ccc(S(=O)(=O)N2CCN(c3ccc(OC[C@@H]4CO[C@@](Cn5ccnc5)(c5ccc(Cl)cc5Cl)O4)cc3)CC2)cc1. The fourth-order valence-electron chi connectivity index (χ4n) is 5.36. The van der Waals surface area contributed by atoms with E-state index in [2.05, 4.69) is 9.88 Å². The number of ether oxygens (including phenoxy) is 3. The summed E-state index contributed by atoms with van der Waals surface area (Å²) in [5.74, 6) is -0.417. The first-order valence-electron chi connectivity index (χ1n) is 14.0. The van der Waals surface area contributed by atoms with Crippen LogP contribution in [-0.4, -0.2) is 67.8 Å². The van der Waals surface area contributed by atoms with Gasteiger partial charge in [-0.2, -0.15) is 4.31 Å². The summed E-state index contributed by atoms with van der Waals surface area (Å²) in [7, 11) is -3.51. The van der Waals surface area contributed by atoms with Crippen molar-refractivity contribution in [1.29, 1.82) is 0 Å². The molecule has 4 aromatic rings. The van der Waals surface area contributed by atoms with E-state index in [1.807, 2.05) is 60.2 Å². The van der Waals surface area contributed by atoms with Crippen LogP contribution in [0.15, 0.2) is 90.3 Å². The topological polar surface area (TPSA) is 86.1 Å². The Balaban J connectivity index is 1.05. The van der Waals surface area contributed by atoms with E-state index in [4.69, 9.17) is 37.4 Å². The van der Waals surface area contributed by atoms with Crippen LogP contribution in [0.3, 0.4) is 0 Å². The maximum Gasteiger partial charge on any atom is 0.243 e. The Morgan fingerprint density at radius 1 is 1.00 bits per heavy atom. The van der Waals surface area contributed by atoms with Gasteiger partial charge in [0.2, 0.25) is 15.8 Å². The molecule has 0 radical (unpaired) electrons. The third kappa shape index (κ3) is 6.55. The lowest BCUT2D eigenvalue weighted by molar-refractivity contribution is -0.189. The van der Waals surface area contributed by atoms with Crippen molar-refractivity contribution < 1.29 is 22.6 Å². The molecule has 6 rings (SSSR count). The summed E-state index contributed by atoms with van der Waals surface area (Å²) in [6.07, 6.45) is 4.90. The number of aromatic nitrogens is 2. The second-order valence-electron chi connectivity index (χ2n) is 10.7. The number of piperazine rings is 1. The quantitative estimate of drug-likeness (QED) is 0.243. The first-order valence-corrected chi connectivity index (χ1v) is 16.2. The van der Waals surface area contributed by atoms with Crippen LogP contribution in [0.25, 0.3) is 0 Å². The van der Waals surface area contributed by atoms with Gasteiger partial charge in [-0.25, -0.2) is 13.4 Å². The van der Waals surface area contributed by atoms with Gasteiger partial charge >= 0.3 is 0 Å². The average Bonchev–Trinajstić information content (AvgIpc) is 3.67. The molecule has 2 aliphatic heterocycles. The zero-order chi connectivity index (χ0) is 30.0. The lowest BCUT2D eigenvalue weighted by atomic mass is 10.1. The minimum Gasteiger partial charge on any atom is -0.491 e. The van der Waals surface area contributed by atoms with E-state index in [9.17, 15) is 8.42 Å². The summed E-state index contributed by atoms with van der Waals surface area (Å²) in [4.78, 5) is 6.64. The average molecular weight is 644 g/mol. The molecule has 226 valence electrons. The molecule has 2 fully saturated rings. The smallest absolute Gasteiger partial charge is 0.243 e. The molecule has 2 saturated heterocycles. The molecule has 0 amide bonds. The third-order valence-electron chi connectivity index (χ3n) is 7.69. The largest absolute Gasteiger partial charge is 0.491 e. The van der Waals surface area contributed by atoms with E-state index in [1.165, 1.54) is 0 Å². The maximum atomic E-state index is 13.1. The number of imidazole rings is 1. The van der Waals surface area contributed by atoms with Gasteiger partial charge in [0.1, 0.15) is 18.5 Å². The van der Waals surface area contributed by atoms with E-state index in [-0.39, 0.29) is 12.7 Å². The summed E-state index contributed by atoms with van der Waals surface area (Å²) < 4.78 is 48.3. The highest BCUT2D eigenvalue weighted by atomic mass is 35.5. The molecule has 0 saturated carbocycles. The van der Waals surface area contributed by atoms with Crippen LogP contribution in [0.4, 0.5) is 5.69 Å². The minimum absolute atomic E-state index is 0.284. The second-order valence-corrected chi connectivity index (χ2v) is 13.5. The summed E-state index contributed by atoms with van der Waals surface area (Å²) in [6.45, 7) is 4.95. The number of sulfonamides is 1. The predicted octanol–water partition coefficient (Wildman–Crippen LogP) is 5.36. The summed E-state index contributed by atoms with van der Waals surface area (Å²) in [5, 5.41) is 0.986. The normalized spacial score (nSPS) is 21.3. The number of halogens is 2. The summed E-state index contributed by atoms with van der Waals surface area (Å²) in [5.41, 5.74) is 2.73. The second kappa shape index (κ2) is 12.5. The lowest BCUT2D eigenvalue weighted by Crippen LogP contribution is -2.48. The van der Waals surface area contributed by atoms with Crippen molar-refractivity contribution in [2.45, 2.75) is 30.3 Å². The van der Waals surface area contributed by atoms with Crippen molar-refractivity contribution in [1.82, 2.24) is 13.9 Å². The van der Waals surface area contributed by atoms with Gasteiger partial charge in [0.05, 0.1) is 29.4 Å². The van der Waals surface area contributed by atoms with E-state index >= 15 is 0 Å². The van der Waals surface area contributed by atoms with Crippen molar-refractivity contribution >= 4 is 38.9 Å².